The van der Waals surface area contributed by atoms with Gasteiger partial charge in [-0.3, -0.25) is 19.3 Å². The van der Waals surface area contributed by atoms with E-state index in [1.165, 1.54) is 11.3 Å². The van der Waals surface area contributed by atoms with Gasteiger partial charge in [0, 0.05) is 0 Å². The summed E-state index contributed by atoms with van der Waals surface area (Å²) in [6, 6.07) is 8.63. The fraction of sp³-hybridized carbons (Fsp3) is 0.176. The lowest BCUT2D eigenvalue weighted by molar-refractivity contribution is -0.117. The third-order valence-corrected chi connectivity index (χ3v) is 4.51. The lowest BCUT2D eigenvalue weighted by Gasteiger charge is -2.15. The molecular formula is C17H17N5O3S. The molecule has 0 aliphatic rings. The third kappa shape index (κ3) is 3.95. The second kappa shape index (κ2) is 7.46. The van der Waals surface area contributed by atoms with Crippen molar-refractivity contribution in [3.05, 3.63) is 57.5 Å². The van der Waals surface area contributed by atoms with E-state index in [0.29, 0.717) is 28.3 Å². The monoisotopic (exact) mass is 371 g/mol. The number of aromatic amines is 1. The topological polar surface area (TPSA) is 121 Å². The molecule has 1 aromatic carbocycles. The normalized spacial score (nSPS) is 11.0. The van der Waals surface area contributed by atoms with Gasteiger partial charge in [0.25, 0.3) is 11.5 Å². The molecule has 0 aliphatic heterocycles. The molecule has 3 rings (SSSR count). The van der Waals surface area contributed by atoms with Gasteiger partial charge in [-0.1, -0.05) is 12.1 Å². The number of primary amides is 1. The number of hydrogen-bond acceptors (Lipinski definition) is 6. The molecule has 26 heavy (non-hydrogen) atoms. The molecule has 0 spiro atoms. The number of carbonyl (C=O) groups is 2. The number of H-pyrrole nitrogens is 1. The standard InChI is InChI=1S/C17H17N5O3S/c1-22(9-14(23)21-17-11(15(18)24)6-7-26-17)8-13-19-12-5-3-2-4-10(12)16(25)20-13/h2-7H,8-9H2,1H3,(H2,18,24)(H,21,23)(H,19,20,25). The van der Waals surface area contributed by atoms with Crippen LogP contribution in [0.1, 0.15) is 16.2 Å². The van der Waals surface area contributed by atoms with E-state index in [1.54, 1.807) is 41.6 Å². The van der Waals surface area contributed by atoms with Crippen LogP contribution in [0.2, 0.25) is 0 Å². The number of nitrogens with one attached hydrogen (secondary N) is 2. The Kier molecular flexibility index (Phi) is 5.10. The maximum atomic E-state index is 12.2. The fourth-order valence-corrected chi connectivity index (χ4v) is 3.34. The first kappa shape index (κ1) is 17.8. The number of anilines is 1. The zero-order chi connectivity index (χ0) is 18.7. The molecule has 3 aromatic rings. The summed E-state index contributed by atoms with van der Waals surface area (Å²) in [4.78, 5) is 44.4. The van der Waals surface area contributed by atoms with Gasteiger partial charge in [0.15, 0.2) is 0 Å². The van der Waals surface area contributed by atoms with Crippen LogP contribution in [-0.4, -0.2) is 40.3 Å². The van der Waals surface area contributed by atoms with Crippen LogP contribution in [-0.2, 0) is 11.3 Å². The molecule has 9 heteroatoms. The molecule has 0 saturated heterocycles. The van der Waals surface area contributed by atoms with E-state index in [1.807, 2.05) is 6.07 Å². The number of rotatable bonds is 6. The fourth-order valence-electron chi connectivity index (χ4n) is 2.53. The molecule has 2 amide bonds. The van der Waals surface area contributed by atoms with Gasteiger partial charge in [0.05, 0.1) is 29.6 Å². The second-order valence-electron chi connectivity index (χ2n) is 5.78. The van der Waals surface area contributed by atoms with Crippen LogP contribution in [0.5, 0.6) is 0 Å². The predicted molar refractivity (Wildman–Crippen MR) is 100 cm³/mol. The summed E-state index contributed by atoms with van der Waals surface area (Å²) >= 11 is 1.23. The van der Waals surface area contributed by atoms with E-state index < -0.39 is 5.91 Å². The SMILES string of the molecule is CN(CC(=O)Nc1sccc1C(N)=O)Cc1nc2ccccc2c(=O)[nH]1. The predicted octanol–water partition coefficient (Wildman–Crippen LogP) is 1.15. The Labute approximate surface area is 152 Å². The summed E-state index contributed by atoms with van der Waals surface area (Å²) < 4.78 is 0. The van der Waals surface area contributed by atoms with Crippen molar-refractivity contribution < 1.29 is 9.59 Å². The Bertz CT molecular complexity index is 1030. The van der Waals surface area contributed by atoms with Gasteiger partial charge in [0.1, 0.15) is 10.8 Å². The van der Waals surface area contributed by atoms with Crippen molar-refractivity contribution in [2.75, 3.05) is 18.9 Å². The third-order valence-electron chi connectivity index (χ3n) is 3.68. The van der Waals surface area contributed by atoms with Gasteiger partial charge in [-0.15, -0.1) is 11.3 Å². The first-order valence-electron chi connectivity index (χ1n) is 7.77. The minimum atomic E-state index is -0.590. The van der Waals surface area contributed by atoms with Crippen molar-refractivity contribution in [2.45, 2.75) is 6.54 Å². The van der Waals surface area contributed by atoms with E-state index >= 15 is 0 Å². The highest BCUT2D eigenvalue weighted by Gasteiger charge is 2.14. The van der Waals surface area contributed by atoms with Crippen LogP contribution in [0.15, 0.2) is 40.5 Å². The Hall–Kier alpha value is -3.04. The minimum Gasteiger partial charge on any atom is -0.366 e. The van der Waals surface area contributed by atoms with Crippen LogP contribution in [0.25, 0.3) is 10.9 Å². The quantitative estimate of drug-likeness (QED) is 0.600. The van der Waals surface area contributed by atoms with Gasteiger partial charge < -0.3 is 16.0 Å². The molecule has 0 fully saturated rings. The number of thiophene rings is 1. The van der Waals surface area contributed by atoms with Crippen molar-refractivity contribution in [3.63, 3.8) is 0 Å². The number of nitrogens with zero attached hydrogens (tertiary/aromatic N) is 2. The molecule has 0 bridgehead atoms. The molecule has 8 nitrogen and oxygen atoms in total. The number of para-hydroxylation sites is 1. The summed E-state index contributed by atoms with van der Waals surface area (Å²) in [7, 11) is 1.73. The maximum Gasteiger partial charge on any atom is 0.258 e. The Morgan fingerprint density at radius 2 is 2.08 bits per heavy atom. The summed E-state index contributed by atoms with van der Waals surface area (Å²) in [5.74, 6) is -0.411. The zero-order valence-electron chi connectivity index (χ0n) is 14.0. The van der Waals surface area contributed by atoms with Gasteiger partial charge in [-0.2, -0.15) is 0 Å². The van der Waals surface area contributed by atoms with Crippen molar-refractivity contribution in [1.82, 2.24) is 14.9 Å². The number of nitrogens with two attached hydrogens (primary N) is 1. The summed E-state index contributed by atoms with van der Waals surface area (Å²) in [6.07, 6.45) is 0. The van der Waals surface area contributed by atoms with E-state index in [2.05, 4.69) is 15.3 Å². The number of hydrogen-bond donors (Lipinski definition) is 3. The van der Waals surface area contributed by atoms with Crippen molar-refractivity contribution in [3.8, 4) is 0 Å². The molecular weight excluding hydrogens is 354 g/mol. The van der Waals surface area contributed by atoms with Crippen molar-refractivity contribution in [2.24, 2.45) is 5.73 Å². The number of aromatic nitrogens is 2. The molecule has 0 radical (unpaired) electrons. The first-order chi connectivity index (χ1) is 12.4. The average molecular weight is 371 g/mol. The number of carbonyl (C=O) groups excluding carboxylic acids is 2. The molecule has 0 atom stereocenters. The van der Waals surface area contributed by atoms with Crippen LogP contribution in [0, 0.1) is 0 Å². The first-order valence-corrected chi connectivity index (χ1v) is 8.65. The number of amides is 2. The number of likely N-dealkylation sites (N-methyl/N-ethyl adjacent to an activating group) is 1. The minimum absolute atomic E-state index is 0.0621. The van der Waals surface area contributed by atoms with Gasteiger partial charge in [-0.05, 0) is 30.6 Å². The largest absolute Gasteiger partial charge is 0.366 e. The van der Waals surface area contributed by atoms with Crippen molar-refractivity contribution in [1.29, 1.82) is 0 Å². The van der Waals surface area contributed by atoms with Gasteiger partial charge >= 0.3 is 0 Å². The molecule has 2 aromatic heterocycles. The highest BCUT2D eigenvalue weighted by Crippen LogP contribution is 2.22. The van der Waals surface area contributed by atoms with E-state index in [9.17, 15) is 14.4 Å². The molecule has 134 valence electrons. The van der Waals surface area contributed by atoms with E-state index in [4.69, 9.17) is 5.73 Å². The Morgan fingerprint density at radius 3 is 2.85 bits per heavy atom. The summed E-state index contributed by atoms with van der Waals surface area (Å²) in [6.45, 7) is 0.354. The highest BCUT2D eigenvalue weighted by atomic mass is 32.1. The summed E-state index contributed by atoms with van der Waals surface area (Å²) in [5, 5.41) is 5.30. The number of benzene rings is 1. The maximum absolute atomic E-state index is 12.2. The van der Waals surface area contributed by atoms with Crippen LogP contribution in [0.4, 0.5) is 5.00 Å². The number of fused-ring (bicyclic) bond motifs is 1. The van der Waals surface area contributed by atoms with Crippen LogP contribution < -0.4 is 16.6 Å². The van der Waals surface area contributed by atoms with Crippen molar-refractivity contribution >= 4 is 39.1 Å². The lowest BCUT2D eigenvalue weighted by Crippen LogP contribution is -2.31. The van der Waals surface area contributed by atoms with Crippen LogP contribution >= 0.6 is 11.3 Å². The summed E-state index contributed by atoms with van der Waals surface area (Å²) in [5.41, 5.74) is 5.94. The lowest BCUT2D eigenvalue weighted by atomic mass is 10.2. The molecule has 0 aliphatic carbocycles. The van der Waals surface area contributed by atoms with Gasteiger partial charge in [0.2, 0.25) is 5.91 Å². The molecule has 0 unspecified atom stereocenters. The Balaban J connectivity index is 1.66. The van der Waals surface area contributed by atoms with Gasteiger partial charge in [-0.25, -0.2) is 4.98 Å². The highest BCUT2D eigenvalue weighted by molar-refractivity contribution is 7.14. The average Bonchev–Trinajstić information content (AvgIpc) is 3.02. The smallest absolute Gasteiger partial charge is 0.258 e. The Morgan fingerprint density at radius 1 is 1.31 bits per heavy atom. The van der Waals surface area contributed by atoms with E-state index in [0.717, 1.165) is 0 Å². The van der Waals surface area contributed by atoms with E-state index in [-0.39, 0.29) is 23.6 Å². The van der Waals surface area contributed by atoms with Crippen LogP contribution in [0.3, 0.4) is 0 Å². The zero-order valence-corrected chi connectivity index (χ0v) is 14.8. The molecule has 0 saturated carbocycles. The molecule has 4 N–H and O–H groups in total. The second-order valence-corrected chi connectivity index (χ2v) is 6.69. The molecule has 2 heterocycles.